The van der Waals surface area contributed by atoms with Gasteiger partial charge in [-0.3, -0.25) is 0 Å². The summed E-state index contributed by atoms with van der Waals surface area (Å²) < 4.78 is 0.900. The summed E-state index contributed by atoms with van der Waals surface area (Å²) in [5.74, 6) is 0. The topological polar surface area (TPSA) is 73.6 Å². The molecular weight excluding hydrogens is 328 g/mol. The molecule has 0 aliphatic heterocycles. The first-order chi connectivity index (χ1) is 9.13. The summed E-state index contributed by atoms with van der Waals surface area (Å²) in [4.78, 5) is 21.0. The summed E-state index contributed by atoms with van der Waals surface area (Å²) in [6.07, 6.45) is 0. The van der Waals surface area contributed by atoms with E-state index in [1.165, 1.54) is 0 Å². The van der Waals surface area contributed by atoms with Crippen LogP contribution in [0.3, 0.4) is 0 Å². The lowest BCUT2D eigenvalue weighted by Gasteiger charge is -2.14. The Bertz CT molecular complexity index is 762. The molecule has 0 saturated carbocycles. The molecule has 1 atom stereocenters. The van der Waals surface area contributed by atoms with Crippen LogP contribution in [-0.2, 0) is 0 Å². The molecule has 7 heteroatoms. The zero-order chi connectivity index (χ0) is 13.4. The Labute approximate surface area is 121 Å². The summed E-state index contributed by atoms with van der Waals surface area (Å²) in [7, 11) is 0. The summed E-state index contributed by atoms with van der Waals surface area (Å²) in [5.41, 5.74) is 5.09. The van der Waals surface area contributed by atoms with E-state index in [4.69, 9.17) is 0 Å². The first-order valence-electron chi connectivity index (χ1n) is 5.69. The van der Waals surface area contributed by atoms with Gasteiger partial charge >= 0.3 is 5.69 Å². The van der Waals surface area contributed by atoms with E-state index in [1.807, 2.05) is 29.9 Å². The molecule has 1 aromatic carbocycles. The van der Waals surface area contributed by atoms with Gasteiger partial charge in [-0.15, -0.1) is 11.3 Å². The smallest absolute Gasteiger partial charge is 0.323 e. The van der Waals surface area contributed by atoms with Crippen molar-refractivity contribution >= 4 is 44.0 Å². The van der Waals surface area contributed by atoms with Gasteiger partial charge in [-0.25, -0.2) is 9.78 Å². The fraction of sp³-hybridized carbons (Fsp3) is 0.167. The molecule has 1 unspecified atom stereocenters. The Morgan fingerprint density at radius 2 is 2.11 bits per heavy atom. The minimum Gasteiger partial charge on any atom is -0.376 e. The second-order valence-electron chi connectivity index (χ2n) is 4.24. The Hall–Kier alpha value is -1.60. The lowest BCUT2D eigenvalue weighted by atomic mass is 10.2. The largest absolute Gasteiger partial charge is 0.376 e. The summed E-state index contributed by atoms with van der Waals surface area (Å²) in [6, 6.07) is 3.88. The van der Waals surface area contributed by atoms with Crippen molar-refractivity contribution < 1.29 is 0 Å². The average Bonchev–Trinajstić information content (AvgIpc) is 2.97. The van der Waals surface area contributed by atoms with Crippen molar-refractivity contribution in [2.75, 3.05) is 5.32 Å². The molecule has 0 spiro atoms. The number of halogens is 1. The van der Waals surface area contributed by atoms with Gasteiger partial charge in [0.05, 0.1) is 34.0 Å². The number of fused-ring (bicyclic) bond motifs is 1. The summed E-state index contributed by atoms with van der Waals surface area (Å²) >= 11 is 5.08. The van der Waals surface area contributed by atoms with Crippen LogP contribution in [-0.4, -0.2) is 15.0 Å². The first-order valence-corrected chi connectivity index (χ1v) is 7.43. The fourth-order valence-corrected chi connectivity index (χ4v) is 3.02. The number of rotatable bonds is 3. The number of benzene rings is 1. The number of nitrogens with zero attached hydrogens (tertiary/aromatic N) is 1. The lowest BCUT2D eigenvalue weighted by Crippen LogP contribution is -2.07. The highest BCUT2D eigenvalue weighted by Gasteiger charge is 2.11. The van der Waals surface area contributed by atoms with Crippen molar-refractivity contribution in [3.05, 3.63) is 43.7 Å². The zero-order valence-electron chi connectivity index (χ0n) is 10.0. The number of imidazole rings is 1. The van der Waals surface area contributed by atoms with E-state index < -0.39 is 0 Å². The zero-order valence-corrected chi connectivity index (χ0v) is 12.4. The van der Waals surface area contributed by atoms with Gasteiger partial charge in [0.2, 0.25) is 0 Å². The molecule has 0 bridgehead atoms. The minimum absolute atomic E-state index is 0.102. The Morgan fingerprint density at radius 1 is 1.37 bits per heavy atom. The Balaban J connectivity index is 1.96. The maximum Gasteiger partial charge on any atom is 0.323 e. The normalized spacial score (nSPS) is 12.7. The van der Waals surface area contributed by atoms with Gasteiger partial charge in [-0.05, 0) is 35.0 Å². The van der Waals surface area contributed by atoms with Gasteiger partial charge in [0.15, 0.2) is 0 Å². The van der Waals surface area contributed by atoms with Crippen LogP contribution in [0.15, 0.2) is 32.3 Å². The number of nitrogens with one attached hydrogen (secondary N) is 3. The number of aromatic amines is 2. The second-order valence-corrected chi connectivity index (χ2v) is 5.81. The average molecular weight is 339 g/mol. The van der Waals surface area contributed by atoms with Gasteiger partial charge in [0, 0.05) is 9.85 Å². The van der Waals surface area contributed by atoms with Crippen molar-refractivity contribution in [1.29, 1.82) is 0 Å². The highest BCUT2D eigenvalue weighted by Crippen LogP contribution is 2.29. The van der Waals surface area contributed by atoms with E-state index in [0.717, 1.165) is 26.9 Å². The van der Waals surface area contributed by atoms with E-state index >= 15 is 0 Å². The SMILES string of the molecule is CC(Nc1cc2[nH]c(=O)[nH]c2cc1Br)c1cscn1. The van der Waals surface area contributed by atoms with E-state index in [9.17, 15) is 4.79 Å². The van der Waals surface area contributed by atoms with Crippen LogP contribution in [0.4, 0.5) is 5.69 Å². The van der Waals surface area contributed by atoms with E-state index in [-0.39, 0.29) is 11.7 Å². The monoisotopic (exact) mass is 338 g/mol. The number of anilines is 1. The molecule has 0 radical (unpaired) electrons. The van der Waals surface area contributed by atoms with Crippen LogP contribution in [0.5, 0.6) is 0 Å². The van der Waals surface area contributed by atoms with Crippen LogP contribution in [0.1, 0.15) is 18.7 Å². The molecule has 3 aromatic rings. The van der Waals surface area contributed by atoms with Crippen molar-refractivity contribution in [2.24, 2.45) is 0 Å². The van der Waals surface area contributed by atoms with Gasteiger partial charge in [0.1, 0.15) is 0 Å². The molecule has 2 heterocycles. The maximum absolute atomic E-state index is 11.3. The third kappa shape index (κ3) is 2.43. The molecule has 0 aliphatic rings. The van der Waals surface area contributed by atoms with Gasteiger partial charge in [0.25, 0.3) is 0 Å². The number of aromatic nitrogens is 3. The van der Waals surface area contributed by atoms with Crippen LogP contribution in [0.2, 0.25) is 0 Å². The third-order valence-electron chi connectivity index (χ3n) is 2.87. The molecule has 98 valence electrons. The predicted octanol–water partition coefficient (Wildman–Crippen LogP) is 3.25. The fourth-order valence-electron chi connectivity index (χ4n) is 1.91. The van der Waals surface area contributed by atoms with Crippen molar-refractivity contribution in [1.82, 2.24) is 15.0 Å². The van der Waals surface area contributed by atoms with Gasteiger partial charge in [-0.2, -0.15) is 0 Å². The summed E-state index contributed by atoms with van der Waals surface area (Å²) in [6.45, 7) is 2.05. The molecule has 0 aliphatic carbocycles. The quantitative estimate of drug-likeness (QED) is 0.686. The van der Waals surface area contributed by atoms with E-state index in [0.29, 0.717) is 0 Å². The van der Waals surface area contributed by atoms with Crippen molar-refractivity contribution in [3.8, 4) is 0 Å². The molecule has 0 fully saturated rings. The second kappa shape index (κ2) is 4.82. The van der Waals surface area contributed by atoms with Gasteiger partial charge < -0.3 is 15.3 Å². The Morgan fingerprint density at radius 3 is 2.79 bits per heavy atom. The van der Waals surface area contributed by atoms with E-state index in [2.05, 4.69) is 36.2 Å². The number of thiazole rings is 1. The molecule has 0 amide bonds. The molecule has 3 rings (SSSR count). The number of hydrogen-bond donors (Lipinski definition) is 3. The lowest BCUT2D eigenvalue weighted by molar-refractivity contribution is 0.849. The Kier molecular flexibility index (Phi) is 3.16. The van der Waals surface area contributed by atoms with Crippen LogP contribution >= 0.6 is 27.3 Å². The maximum atomic E-state index is 11.3. The van der Waals surface area contributed by atoms with Crippen LogP contribution in [0.25, 0.3) is 11.0 Å². The third-order valence-corrected chi connectivity index (χ3v) is 4.13. The molecule has 19 heavy (non-hydrogen) atoms. The van der Waals surface area contributed by atoms with Crippen molar-refractivity contribution in [2.45, 2.75) is 13.0 Å². The minimum atomic E-state index is -0.202. The molecule has 5 nitrogen and oxygen atoms in total. The van der Waals surface area contributed by atoms with Crippen LogP contribution < -0.4 is 11.0 Å². The van der Waals surface area contributed by atoms with E-state index in [1.54, 1.807) is 11.3 Å². The predicted molar refractivity (Wildman–Crippen MR) is 80.8 cm³/mol. The number of H-pyrrole nitrogens is 2. The highest BCUT2D eigenvalue weighted by molar-refractivity contribution is 9.10. The summed E-state index contributed by atoms with van der Waals surface area (Å²) in [5, 5.41) is 5.39. The highest BCUT2D eigenvalue weighted by atomic mass is 79.9. The van der Waals surface area contributed by atoms with Gasteiger partial charge in [-0.1, -0.05) is 0 Å². The standard InChI is InChI=1S/C12H11BrN4OS/c1-6(11-4-19-5-14-11)15-8-3-10-9(2-7(8)13)16-12(18)17-10/h2-6,15H,1H3,(H2,16,17,18). The number of hydrogen-bond acceptors (Lipinski definition) is 4. The van der Waals surface area contributed by atoms with Crippen LogP contribution in [0, 0.1) is 0 Å². The molecule has 2 aromatic heterocycles. The molecular formula is C12H11BrN4OS. The molecule has 0 saturated heterocycles. The van der Waals surface area contributed by atoms with Crippen molar-refractivity contribution in [3.63, 3.8) is 0 Å². The first kappa shape index (κ1) is 12.4. The molecule has 3 N–H and O–H groups in total.